The molecule has 0 aromatic heterocycles. The van der Waals surface area contributed by atoms with Crippen molar-refractivity contribution in [2.24, 2.45) is 0 Å². The molecule has 0 bridgehead atoms. The monoisotopic (exact) mass is 174 g/mol. The van der Waals surface area contributed by atoms with E-state index < -0.39 is 8.40 Å². The maximum atomic E-state index is 3.62. The van der Waals surface area contributed by atoms with Crippen LogP contribution in [0.2, 0.25) is 12.6 Å². The molecule has 0 saturated heterocycles. The van der Waals surface area contributed by atoms with Crippen molar-refractivity contribution in [1.82, 2.24) is 9.55 Å². The molecular weight excluding hydrogens is 152 g/mol. The van der Waals surface area contributed by atoms with Crippen LogP contribution in [-0.4, -0.2) is 33.6 Å². The van der Waals surface area contributed by atoms with E-state index in [0.29, 0.717) is 0 Å². The van der Waals surface area contributed by atoms with Gasteiger partial charge in [0, 0.05) is 0 Å². The van der Waals surface area contributed by atoms with Gasteiger partial charge in [-0.25, -0.2) is 0 Å². The van der Waals surface area contributed by atoms with E-state index in [2.05, 4.69) is 44.0 Å². The fraction of sp³-hybridized carbons (Fsp3) is 1.00. The number of nitrogens with one attached hydrogen (secondary N) is 1. The van der Waals surface area contributed by atoms with Gasteiger partial charge < -0.3 is 9.55 Å². The first-order chi connectivity index (χ1) is 5.06. The molecule has 0 heterocycles. The summed E-state index contributed by atoms with van der Waals surface area (Å²) in [6.45, 7) is 7.93. The summed E-state index contributed by atoms with van der Waals surface area (Å²) in [5.74, 6) is 0. The predicted molar refractivity (Wildman–Crippen MR) is 54.1 cm³/mol. The molecule has 0 aromatic carbocycles. The van der Waals surface area contributed by atoms with E-state index in [9.17, 15) is 0 Å². The second-order valence-corrected chi connectivity index (χ2v) is 7.74. The largest absolute Gasteiger partial charge is 0.326 e. The number of nitrogens with zero attached hydrogens (tertiary/aromatic N) is 1. The maximum Gasteiger partial charge on any atom is 0.200 e. The lowest BCUT2D eigenvalue weighted by Crippen LogP contribution is -2.58. The Morgan fingerprint density at radius 2 is 1.82 bits per heavy atom. The topological polar surface area (TPSA) is 15.3 Å². The van der Waals surface area contributed by atoms with Gasteiger partial charge in [-0.2, -0.15) is 0 Å². The Morgan fingerprint density at radius 3 is 2.09 bits per heavy atom. The van der Waals surface area contributed by atoms with Crippen molar-refractivity contribution in [2.45, 2.75) is 32.9 Å². The minimum absolute atomic E-state index is 1.10. The van der Waals surface area contributed by atoms with Crippen LogP contribution < -0.4 is 4.98 Å². The normalized spacial score (nSPS) is 16.9. The van der Waals surface area contributed by atoms with Gasteiger partial charge in [-0.3, -0.25) is 0 Å². The molecule has 0 radical (unpaired) electrons. The van der Waals surface area contributed by atoms with Crippen LogP contribution in [0.4, 0.5) is 0 Å². The van der Waals surface area contributed by atoms with Crippen molar-refractivity contribution in [2.75, 3.05) is 20.6 Å². The zero-order valence-corrected chi connectivity index (χ0v) is 9.57. The first-order valence-electron chi connectivity index (χ1n) is 4.49. The summed E-state index contributed by atoms with van der Waals surface area (Å²) in [5, 5.41) is 0. The van der Waals surface area contributed by atoms with Crippen LogP contribution in [0.25, 0.3) is 0 Å². The molecule has 1 atom stereocenters. The summed E-state index contributed by atoms with van der Waals surface area (Å²) in [7, 11) is 3.13. The highest BCUT2D eigenvalue weighted by Crippen LogP contribution is 2.10. The van der Waals surface area contributed by atoms with Crippen LogP contribution in [0.15, 0.2) is 0 Å². The average molecular weight is 174 g/mol. The van der Waals surface area contributed by atoms with Crippen LogP contribution in [0, 0.1) is 0 Å². The number of hydrogen-bond donors (Lipinski definition) is 1. The second-order valence-electron chi connectivity index (χ2n) is 3.45. The summed E-state index contributed by atoms with van der Waals surface area (Å²) < 4.78 is 2.39. The molecule has 0 aliphatic carbocycles. The molecule has 0 rings (SSSR count). The lowest BCUT2D eigenvalue weighted by Gasteiger charge is -2.34. The molecule has 2 nitrogen and oxygen atoms in total. The van der Waals surface area contributed by atoms with Crippen molar-refractivity contribution in [3.05, 3.63) is 0 Å². The Labute approximate surface area is 72.1 Å². The first kappa shape index (κ1) is 11.1. The highest BCUT2D eigenvalue weighted by Gasteiger charge is 2.27. The van der Waals surface area contributed by atoms with Gasteiger partial charge in [0.15, 0.2) is 8.40 Å². The minimum atomic E-state index is -1.24. The molecule has 1 N–H and O–H groups in total. The van der Waals surface area contributed by atoms with E-state index in [-0.39, 0.29) is 0 Å². The van der Waals surface area contributed by atoms with Crippen LogP contribution in [0.1, 0.15) is 20.3 Å². The van der Waals surface area contributed by atoms with Gasteiger partial charge in [0.25, 0.3) is 0 Å². The third kappa shape index (κ3) is 3.36. The van der Waals surface area contributed by atoms with Crippen LogP contribution in [0.3, 0.4) is 0 Å². The maximum absolute atomic E-state index is 3.62. The van der Waals surface area contributed by atoms with Crippen molar-refractivity contribution in [1.29, 1.82) is 0 Å². The summed E-state index contributed by atoms with van der Waals surface area (Å²) in [6, 6.07) is 1.34. The van der Waals surface area contributed by atoms with E-state index in [1.165, 1.54) is 12.5 Å². The Bertz CT molecular complexity index is 98.3. The van der Waals surface area contributed by atoms with E-state index in [1.807, 2.05) is 0 Å². The molecule has 11 heavy (non-hydrogen) atoms. The van der Waals surface area contributed by atoms with Gasteiger partial charge in [-0.15, -0.1) is 0 Å². The highest BCUT2D eigenvalue weighted by molar-refractivity contribution is 6.73. The van der Waals surface area contributed by atoms with Gasteiger partial charge in [0.05, 0.1) is 0 Å². The van der Waals surface area contributed by atoms with Gasteiger partial charge in [-0.1, -0.05) is 20.3 Å². The van der Waals surface area contributed by atoms with E-state index in [1.54, 1.807) is 0 Å². The second kappa shape index (κ2) is 4.90. The lowest BCUT2D eigenvalue weighted by atomic mass is 10.6. The molecule has 3 heteroatoms. The number of rotatable bonds is 5. The molecule has 0 aliphatic rings. The Balaban J connectivity index is 4.01. The molecule has 0 fully saturated rings. The smallest absolute Gasteiger partial charge is 0.200 e. The summed E-state index contributed by atoms with van der Waals surface area (Å²) in [5.41, 5.74) is 0. The van der Waals surface area contributed by atoms with Crippen molar-refractivity contribution < 1.29 is 0 Å². The molecule has 0 saturated carbocycles. The SMILES string of the molecule is CCC[Si](C)(NCC)N(C)C. The number of hydrogen-bond acceptors (Lipinski definition) is 2. The third-order valence-corrected chi connectivity index (χ3v) is 6.84. The molecule has 1 unspecified atom stereocenters. The fourth-order valence-corrected chi connectivity index (χ4v) is 4.01. The van der Waals surface area contributed by atoms with Crippen LogP contribution in [-0.2, 0) is 0 Å². The van der Waals surface area contributed by atoms with Gasteiger partial charge >= 0.3 is 0 Å². The molecular formula is C8H22N2Si. The Hall–Kier alpha value is 0.137. The van der Waals surface area contributed by atoms with Crippen molar-refractivity contribution >= 4 is 8.40 Å². The zero-order chi connectivity index (χ0) is 8.91. The summed E-state index contributed by atoms with van der Waals surface area (Å²) in [4.78, 5) is 3.62. The fourth-order valence-electron chi connectivity index (χ4n) is 1.34. The van der Waals surface area contributed by atoms with Gasteiger partial charge in [-0.05, 0) is 33.2 Å². The first-order valence-corrected chi connectivity index (χ1v) is 7.14. The molecule has 0 aliphatic heterocycles. The summed E-state index contributed by atoms with van der Waals surface area (Å²) >= 11 is 0. The molecule has 0 spiro atoms. The standard InChI is InChI=1S/C8H22N2Si/c1-6-8-11(5,9-7-2)10(3)4/h9H,6-8H2,1-5H3. The molecule has 0 aromatic rings. The Morgan fingerprint density at radius 1 is 1.27 bits per heavy atom. The van der Waals surface area contributed by atoms with Gasteiger partial charge in [0.1, 0.15) is 0 Å². The minimum Gasteiger partial charge on any atom is -0.326 e. The molecule has 68 valence electrons. The van der Waals surface area contributed by atoms with E-state index >= 15 is 0 Å². The van der Waals surface area contributed by atoms with Crippen molar-refractivity contribution in [3.63, 3.8) is 0 Å². The zero-order valence-electron chi connectivity index (χ0n) is 8.57. The van der Waals surface area contributed by atoms with Crippen LogP contribution >= 0.6 is 0 Å². The van der Waals surface area contributed by atoms with Crippen molar-refractivity contribution in [3.8, 4) is 0 Å². The third-order valence-electron chi connectivity index (χ3n) is 2.28. The van der Waals surface area contributed by atoms with E-state index in [0.717, 1.165) is 6.54 Å². The predicted octanol–water partition coefficient (Wildman–Crippen LogP) is 1.64. The molecule has 0 amide bonds. The highest BCUT2D eigenvalue weighted by atomic mass is 28.3. The van der Waals surface area contributed by atoms with E-state index in [4.69, 9.17) is 0 Å². The Kier molecular flexibility index (Phi) is 4.96. The average Bonchev–Trinajstić information content (AvgIpc) is 1.88. The van der Waals surface area contributed by atoms with Crippen LogP contribution in [0.5, 0.6) is 0 Å². The van der Waals surface area contributed by atoms with Gasteiger partial charge in [0.2, 0.25) is 0 Å². The quantitative estimate of drug-likeness (QED) is 0.638. The summed E-state index contributed by atoms with van der Waals surface area (Å²) in [6.07, 6.45) is 1.29. The lowest BCUT2D eigenvalue weighted by molar-refractivity contribution is 0.582.